The van der Waals surface area contributed by atoms with Crippen molar-refractivity contribution in [2.24, 2.45) is 11.7 Å². The Bertz CT molecular complexity index is 1040. The van der Waals surface area contributed by atoms with Gasteiger partial charge in [0.25, 0.3) is 11.8 Å². The lowest BCUT2D eigenvalue weighted by atomic mass is 9.84. The molecule has 1 fully saturated rings. The molecule has 1 aromatic carbocycles. The first-order valence-corrected chi connectivity index (χ1v) is 11.0. The van der Waals surface area contributed by atoms with Gasteiger partial charge < -0.3 is 26.0 Å². The summed E-state index contributed by atoms with van der Waals surface area (Å²) in [7, 11) is 0. The summed E-state index contributed by atoms with van der Waals surface area (Å²) in [6, 6.07) is 3.50. The van der Waals surface area contributed by atoms with Crippen molar-refractivity contribution in [2.45, 2.75) is 51.2 Å². The van der Waals surface area contributed by atoms with E-state index < -0.39 is 23.2 Å². The van der Waals surface area contributed by atoms with Gasteiger partial charge >= 0.3 is 0 Å². The van der Waals surface area contributed by atoms with Gasteiger partial charge in [0, 0.05) is 18.5 Å². The van der Waals surface area contributed by atoms with Crippen LogP contribution in [0.4, 0.5) is 10.1 Å². The highest BCUT2D eigenvalue weighted by molar-refractivity contribution is 6.33. The van der Waals surface area contributed by atoms with Crippen molar-refractivity contribution in [3.8, 4) is 0 Å². The van der Waals surface area contributed by atoms with Gasteiger partial charge in [-0.15, -0.1) is 0 Å². The number of nitrogens with one attached hydrogen (secondary N) is 2. The standard InChI is InChI=1S/C22H27ClFN5O4/c1-22(2,33)10-29(21(32)18-17(19(25)30)26-11-27-18)14-6-3-12(4-7-14)20(31)28-16-8-5-13(24)9-15(16)23/h5,8-9,11-12,14,33H,3-4,6-7,10H2,1-2H3,(H2,25,30)(H,26,27)(H,28,31). The van der Waals surface area contributed by atoms with E-state index in [0.717, 1.165) is 6.07 Å². The van der Waals surface area contributed by atoms with Crippen molar-refractivity contribution in [3.63, 3.8) is 0 Å². The smallest absolute Gasteiger partial charge is 0.273 e. The lowest BCUT2D eigenvalue weighted by Crippen LogP contribution is -2.50. The molecule has 3 amide bonds. The fourth-order valence-electron chi connectivity index (χ4n) is 4.05. The number of primary amides is 1. The van der Waals surface area contributed by atoms with Crippen molar-refractivity contribution < 1.29 is 23.9 Å². The lowest BCUT2D eigenvalue weighted by Gasteiger charge is -2.39. The van der Waals surface area contributed by atoms with Crippen LogP contribution in [-0.4, -0.2) is 55.9 Å². The first kappa shape index (κ1) is 24.7. The number of halogens is 2. The maximum absolute atomic E-state index is 13.2. The highest BCUT2D eigenvalue weighted by atomic mass is 35.5. The molecular weight excluding hydrogens is 453 g/mol. The van der Waals surface area contributed by atoms with E-state index in [-0.39, 0.29) is 40.8 Å². The quantitative estimate of drug-likeness (QED) is 0.483. The third kappa shape index (κ3) is 6.08. The number of carbonyl (C=O) groups excluding carboxylic acids is 3. The maximum Gasteiger partial charge on any atom is 0.273 e. The van der Waals surface area contributed by atoms with Crippen molar-refractivity contribution in [2.75, 3.05) is 11.9 Å². The largest absolute Gasteiger partial charge is 0.389 e. The van der Waals surface area contributed by atoms with Gasteiger partial charge in [-0.25, -0.2) is 9.37 Å². The molecular formula is C22H27ClFN5O4. The normalized spacial score (nSPS) is 18.6. The number of benzene rings is 1. The minimum atomic E-state index is -1.18. The zero-order chi connectivity index (χ0) is 24.3. The molecule has 0 radical (unpaired) electrons. The summed E-state index contributed by atoms with van der Waals surface area (Å²) in [5, 5.41) is 13.2. The molecule has 1 aliphatic carbocycles. The number of hydrogen-bond acceptors (Lipinski definition) is 5. The summed E-state index contributed by atoms with van der Waals surface area (Å²) in [4.78, 5) is 45.6. The second kappa shape index (κ2) is 9.88. The van der Waals surface area contributed by atoms with Gasteiger partial charge in [-0.3, -0.25) is 14.4 Å². The van der Waals surface area contributed by atoms with Crippen LogP contribution in [0.15, 0.2) is 24.5 Å². The van der Waals surface area contributed by atoms with Crippen molar-refractivity contribution in [1.29, 1.82) is 0 Å². The van der Waals surface area contributed by atoms with Crippen LogP contribution in [0.2, 0.25) is 5.02 Å². The summed E-state index contributed by atoms with van der Waals surface area (Å²) < 4.78 is 13.2. The Kier molecular flexibility index (Phi) is 7.38. The van der Waals surface area contributed by atoms with Gasteiger partial charge in [0.05, 0.1) is 22.6 Å². The first-order valence-electron chi connectivity index (χ1n) is 10.6. The van der Waals surface area contributed by atoms with Gasteiger partial charge in [0.15, 0.2) is 5.69 Å². The second-order valence-electron chi connectivity index (χ2n) is 8.85. The highest BCUT2D eigenvalue weighted by Crippen LogP contribution is 2.31. The average molecular weight is 480 g/mol. The number of aromatic nitrogens is 2. The Hall–Kier alpha value is -2.98. The number of imidazole rings is 1. The van der Waals surface area contributed by atoms with Crippen LogP contribution in [0, 0.1) is 11.7 Å². The lowest BCUT2D eigenvalue weighted by molar-refractivity contribution is -0.121. The van der Waals surface area contributed by atoms with Gasteiger partial charge in [-0.1, -0.05) is 11.6 Å². The number of H-pyrrole nitrogens is 1. The van der Waals surface area contributed by atoms with E-state index in [1.165, 1.54) is 23.4 Å². The number of amides is 3. The van der Waals surface area contributed by atoms with Crippen molar-refractivity contribution in [3.05, 3.63) is 46.8 Å². The SMILES string of the molecule is CC(C)(O)CN(C(=O)c1[nH]cnc1C(N)=O)C1CCC(C(=O)Nc2ccc(F)cc2Cl)CC1. The molecule has 0 unspecified atom stereocenters. The Labute approximate surface area is 195 Å². The molecule has 0 atom stereocenters. The van der Waals surface area contributed by atoms with E-state index in [1.54, 1.807) is 13.8 Å². The van der Waals surface area contributed by atoms with Gasteiger partial charge in [-0.05, 0) is 57.7 Å². The summed E-state index contributed by atoms with van der Waals surface area (Å²) in [6.45, 7) is 3.19. The Balaban J connectivity index is 1.70. The highest BCUT2D eigenvalue weighted by Gasteiger charge is 2.36. The molecule has 5 N–H and O–H groups in total. The molecule has 0 bridgehead atoms. The van der Waals surface area contributed by atoms with E-state index in [0.29, 0.717) is 31.4 Å². The van der Waals surface area contributed by atoms with Crippen LogP contribution in [0.5, 0.6) is 0 Å². The number of anilines is 1. The molecule has 178 valence electrons. The van der Waals surface area contributed by atoms with Crippen LogP contribution in [-0.2, 0) is 4.79 Å². The van der Waals surface area contributed by atoms with E-state index in [4.69, 9.17) is 17.3 Å². The molecule has 0 spiro atoms. The van der Waals surface area contributed by atoms with Crippen LogP contribution < -0.4 is 11.1 Å². The predicted octanol–water partition coefficient (Wildman–Crippen LogP) is 2.71. The molecule has 1 heterocycles. The summed E-state index contributed by atoms with van der Waals surface area (Å²) in [5.41, 5.74) is 4.28. The number of rotatable bonds is 7. The van der Waals surface area contributed by atoms with Gasteiger partial charge in [0.1, 0.15) is 11.5 Å². The van der Waals surface area contributed by atoms with E-state index in [9.17, 15) is 23.9 Å². The average Bonchev–Trinajstić information content (AvgIpc) is 3.23. The van der Waals surface area contributed by atoms with Gasteiger partial charge in [-0.2, -0.15) is 0 Å². The third-order valence-corrected chi connectivity index (χ3v) is 5.91. The van der Waals surface area contributed by atoms with E-state index in [2.05, 4.69) is 15.3 Å². The number of hydrogen-bond donors (Lipinski definition) is 4. The third-order valence-electron chi connectivity index (χ3n) is 5.60. The summed E-state index contributed by atoms with van der Waals surface area (Å²) in [5.74, 6) is -2.36. The number of nitrogens with two attached hydrogens (primary N) is 1. The number of aliphatic hydroxyl groups is 1. The van der Waals surface area contributed by atoms with Crippen LogP contribution in [0.3, 0.4) is 0 Å². The van der Waals surface area contributed by atoms with Crippen LogP contribution >= 0.6 is 11.6 Å². The molecule has 9 nitrogen and oxygen atoms in total. The zero-order valence-corrected chi connectivity index (χ0v) is 19.2. The topological polar surface area (TPSA) is 141 Å². The number of carbonyl (C=O) groups is 3. The predicted molar refractivity (Wildman–Crippen MR) is 120 cm³/mol. The summed E-state index contributed by atoms with van der Waals surface area (Å²) >= 11 is 5.99. The van der Waals surface area contributed by atoms with E-state index in [1.807, 2.05) is 0 Å². The number of aromatic amines is 1. The maximum atomic E-state index is 13.2. The molecule has 2 aromatic rings. The number of nitrogens with zero attached hydrogens (tertiary/aromatic N) is 2. The second-order valence-corrected chi connectivity index (χ2v) is 9.26. The van der Waals surface area contributed by atoms with Crippen molar-refractivity contribution in [1.82, 2.24) is 14.9 Å². The Morgan fingerprint density at radius 2 is 1.97 bits per heavy atom. The van der Waals surface area contributed by atoms with Crippen molar-refractivity contribution >= 4 is 35.0 Å². The molecule has 33 heavy (non-hydrogen) atoms. The first-order chi connectivity index (χ1) is 15.5. The van der Waals surface area contributed by atoms with Crippen LogP contribution in [0.25, 0.3) is 0 Å². The molecule has 0 aliphatic heterocycles. The Morgan fingerprint density at radius 3 is 2.55 bits per heavy atom. The fourth-order valence-corrected chi connectivity index (χ4v) is 4.26. The molecule has 1 saturated carbocycles. The minimum Gasteiger partial charge on any atom is -0.389 e. The summed E-state index contributed by atoms with van der Waals surface area (Å²) in [6.07, 6.45) is 3.23. The van der Waals surface area contributed by atoms with Gasteiger partial charge in [0.2, 0.25) is 5.91 Å². The fraction of sp³-hybridized carbons (Fsp3) is 0.455. The molecule has 11 heteroatoms. The zero-order valence-electron chi connectivity index (χ0n) is 18.4. The minimum absolute atomic E-state index is 0.0236. The Morgan fingerprint density at radius 1 is 1.30 bits per heavy atom. The van der Waals surface area contributed by atoms with Crippen LogP contribution in [0.1, 0.15) is 60.5 Å². The molecule has 1 aliphatic rings. The molecule has 3 rings (SSSR count). The molecule has 1 aromatic heterocycles. The monoisotopic (exact) mass is 479 g/mol. The van der Waals surface area contributed by atoms with E-state index >= 15 is 0 Å². The molecule has 0 saturated heterocycles.